The average molecular weight is 490 g/mol. The second kappa shape index (κ2) is 13.3. The van der Waals surface area contributed by atoms with Crippen molar-refractivity contribution >= 4 is 11.6 Å². The van der Waals surface area contributed by atoms with Crippen LogP contribution in [0, 0.1) is 17.8 Å². The normalized spacial score (nSPS) is 15.2. The molecule has 9 heteroatoms. The van der Waals surface area contributed by atoms with Gasteiger partial charge in [0.1, 0.15) is 17.3 Å². The lowest BCUT2D eigenvalue weighted by molar-refractivity contribution is 0.414. The van der Waals surface area contributed by atoms with Crippen molar-refractivity contribution in [2.45, 2.75) is 26.2 Å². The number of anilines is 2. The maximum absolute atomic E-state index is 9.66. The number of aromatic nitrogens is 4. The summed E-state index contributed by atoms with van der Waals surface area (Å²) in [5.41, 5.74) is 6.66. The number of aromatic hydroxyl groups is 1. The van der Waals surface area contributed by atoms with E-state index in [4.69, 9.17) is 10.5 Å². The molecule has 0 saturated carbocycles. The largest absolute Gasteiger partial charge is 0.507 e. The third-order valence-corrected chi connectivity index (χ3v) is 5.65. The molecule has 0 unspecified atom stereocenters. The Labute approximate surface area is 213 Å². The first-order chi connectivity index (χ1) is 17.4. The van der Waals surface area contributed by atoms with Crippen molar-refractivity contribution < 1.29 is 9.84 Å². The molecular weight excluding hydrogens is 454 g/mol. The summed E-state index contributed by atoms with van der Waals surface area (Å²) in [5.74, 6) is 9.31. The number of para-hydroxylation sites is 1. The molecule has 2 aromatic heterocycles. The van der Waals surface area contributed by atoms with Crippen LogP contribution >= 0.6 is 0 Å². The van der Waals surface area contributed by atoms with Crippen molar-refractivity contribution in [2.75, 3.05) is 51.5 Å². The minimum atomic E-state index is 0.142. The highest BCUT2D eigenvalue weighted by Crippen LogP contribution is 2.30. The fourth-order valence-corrected chi connectivity index (χ4v) is 3.79. The maximum Gasteiger partial charge on any atom is 0.206 e. The van der Waals surface area contributed by atoms with Crippen molar-refractivity contribution in [3.63, 3.8) is 0 Å². The van der Waals surface area contributed by atoms with E-state index in [0.717, 1.165) is 31.4 Å². The van der Waals surface area contributed by atoms with Gasteiger partial charge in [0, 0.05) is 30.9 Å². The predicted molar refractivity (Wildman–Crippen MR) is 143 cm³/mol. The third kappa shape index (κ3) is 7.82. The number of phenolic OH excluding ortho intramolecular Hbond substituents is 1. The highest BCUT2D eigenvalue weighted by molar-refractivity contribution is 5.68. The highest BCUT2D eigenvalue weighted by atomic mass is 16.5. The number of methoxy groups -OCH3 is 1. The first-order valence-electron chi connectivity index (χ1n) is 12.0. The van der Waals surface area contributed by atoms with Crippen LogP contribution in [0.4, 0.5) is 11.6 Å². The van der Waals surface area contributed by atoms with Gasteiger partial charge in [-0.1, -0.05) is 31.4 Å². The lowest BCUT2D eigenvalue weighted by Crippen LogP contribution is -2.28. The summed E-state index contributed by atoms with van der Waals surface area (Å²) in [4.78, 5) is 13.2. The number of nitrogen functional groups attached to an aromatic ring is 1. The van der Waals surface area contributed by atoms with Crippen molar-refractivity contribution in [1.29, 1.82) is 0 Å². The number of phenols is 1. The predicted octanol–water partition coefficient (Wildman–Crippen LogP) is 3.46. The molecule has 1 aliphatic rings. The third-order valence-electron chi connectivity index (χ3n) is 5.65. The summed E-state index contributed by atoms with van der Waals surface area (Å²) in [7, 11) is 5.51. The fraction of sp³-hybridized carbons (Fsp3) is 0.407. The Morgan fingerprint density at radius 3 is 2.75 bits per heavy atom. The molecule has 0 bridgehead atoms. The van der Waals surface area contributed by atoms with Gasteiger partial charge in [0.15, 0.2) is 11.6 Å². The summed E-state index contributed by atoms with van der Waals surface area (Å²) >= 11 is 0. The first-order valence-corrected chi connectivity index (χ1v) is 12.0. The van der Waals surface area contributed by atoms with Crippen LogP contribution in [-0.2, 0) is 0 Å². The molecule has 3 heterocycles. The lowest BCUT2D eigenvalue weighted by atomic mass is 10.1. The number of rotatable bonds is 4. The van der Waals surface area contributed by atoms with Crippen molar-refractivity contribution in [1.82, 2.24) is 25.1 Å². The molecule has 9 nitrogen and oxygen atoms in total. The zero-order valence-corrected chi connectivity index (χ0v) is 21.5. The molecule has 4 rings (SSSR count). The number of hydrogen-bond acceptors (Lipinski definition) is 9. The Morgan fingerprint density at radius 2 is 2.00 bits per heavy atom. The van der Waals surface area contributed by atoms with E-state index in [1.807, 2.05) is 31.3 Å². The van der Waals surface area contributed by atoms with Crippen LogP contribution in [-0.4, -0.2) is 71.0 Å². The van der Waals surface area contributed by atoms with Gasteiger partial charge in [-0.05, 0) is 57.0 Å². The molecule has 1 atom stereocenters. The first kappa shape index (κ1) is 26.7. The molecular formula is C27H35N7O2. The molecule has 1 aromatic carbocycles. The second-order valence-corrected chi connectivity index (χ2v) is 9.03. The monoisotopic (exact) mass is 489 g/mol. The quantitative estimate of drug-likeness (QED) is 0.532. The molecule has 1 aliphatic heterocycles. The van der Waals surface area contributed by atoms with Crippen LogP contribution in [0.5, 0.6) is 11.5 Å². The number of nitrogens with two attached hydrogens (primary N) is 1. The molecule has 3 aromatic rings. The summed E-state index contributed by atoms with van der Waals surface area (Å²) in [5, 5.41) is 17.3. The lowest BCUT2D eigenvalue weighted by Gasteiger charge is -2.23. The van der Waals surface area contributed by atoms with Crippen LogP contribution in [0.25, 0.3) is 11.3 Å². The number of nitrogens with zero attached hydrogens (tertiary/aromatic N) is 6. The summed E-state index contributed by atoms with van der Waals surface area (Å²) < 4.78 is 5.04. The zero-order valence-electron chi connectivity index (χ0n) is 21.5. The minimum Gasteiger partial charge on any atom is -0.507 e. The van der Waals surface area contributed by atoms with Gasteiger partial charge in [-0.3, -0.25) is 4.90 Å². The van der Waals surface area contributed by atoms with Gasteiger partial charge in [0.2, 0.25) is 5.82 Å². The Balaban J connectivity index is 0.000000205. The van der Waals surface area contributed by atoms with Crippen LogP contribution in [0.2, 0.25) is 0 Å². The summed E-state index contributed by atoms with van der Waals surface area (Å²) in [6.07, 6.45) is 5.70. The number of benzene rings is 1. The molecule has 3 N–H and O–H groups in total. The van der Waals surface area contributed by atoms with E-state index >= 15 is 0 Å². The van der Waals surface area contributed by atoms with E-state index in [9.17, 15) is 5.11 Å². The summed E-state index contributed by atoms with van der Waals surface area (Å²) in [6, 6.07) is 10.5. The number of ether oxygens (including phenoxy) is 1. The van der Waals surface area contributed by atoms with E-state index < -0.39 is 0 Å². The van der Waals surface area contributed by atoms with Gasteiger partial charge in [0.05, 0.1) is 13.7 Å². The molecule has 0 spiro atoms. The Morgan fingerprint density at radius 1 is 1.19 bits per heavy atom. The maximum atomic E-state index is 9.66. The average Bonchev–Trinajstić information content (AvgIpc) is 3.09. The molecule has 0 radical (unpaired) electrons. The molecule has 0 aliphatic carbocycles. The van der Waals surface area contributed by atoms with Crippen LogP contribution in [0.1, 0.15) is 32.0 Å². The van der Waals surface area contributed by atoms with Gasteiger partial charge < -0.3 is 20.5 Å². The molecule has 0 amide bonds. The van der Waals surface area contributed by atoms with E-state index in [0.29, 0.717) is 22.8 Å². The van der Waals surface area contributed by atoms with Gasteiger partial charge in [-0.25, -0.2) is 9.97 Å². The fourth-order valence-electron chi connectivity index (χ4n) is 3.79. The van der Waals surface area contributed by atoms with Gasteiger partial charge >= 0.3 is 0 Å². The smallest absolute Gasteiger partial charge is 0.206 e. The van der Waals surface area contributed by atoms with E-state index in [1.165, 1.54) is 26.4 Å². The van der Waals surface area contributed by atoms with Crippen molar-refractivity contribution in [3.05, 3.63) is 48.4 Å². The van der Waals surface area contributed by atoms with Crippen molar-refractivity contribution in [2.24, 2.45) is 5.92 Å². The van der Waals surface area contributed by atoms with Crippen LogP contribution in [0.3, 0.4) is 0 Å². The Hall–Kier alpha value is -3.90. The summed E-state index contributed by atoms with van der Waals surface area (Å²) in [6.45, 7) is 5.22. The Kier molecular flexibility index (Phi) is 9.83. The number of hydrogen-bond donors (Lipinski definition) is 2. The standard InChI is InChI=1S/C16H24N4.C11H11N3O2/c1-14-7-4-5-12-20(13-14)16-9-10-17-15(18-16)8-6-11-19(2)3;1-16-10-6-8(13-14-11(10)12)7-4-2-3-5-9(7)15/h9-10,14H,4-5,7,11-13H2,1-3H3;2-6,15H,1H3,(H2,12,14)/t14-;/m0./s1. The van der Waals surface area contributed by atoms with Crippen LogP contribution in [0.15, 0.2) is 42.6 Å². The van der Waals surface area contributed by atoms with E-state index in [1.54, 1.807) is 30.3 Å². The molecule has 1 saturated heterocycles. The van der Waals surface area contributed by atoms with Gasteiger partial charge in [0.25, 0.3) is 0 Å². The minimum absolute atomic E-state index is 0.142. The molecule has 190 valence electrons. The molecule has 1 fully saturated rings. The van der Waals surface area contributed by atoms with Gasteiger partial charge in [-0.15, -0.1) is 10.2 Å². The van der Waals surface area contributed by atoms with Crippen molar-refractivity contribution in [3.8, 4) is 34.6 Å². The van der Waals surface area contributed by atoms with Crippen LogP contribution < -0.4 is 15.4 Å². The second-order valence-electron chi connectivity index (χ2n) is 9.03. The zero-order chi connectivity index (χ0) is 25.9. The Bertz CT molecular complexity index is 1190. The SMILES string of the molecule is COc1cc(-c2ccccc2O)nnc1N.C[C@H]1CCCCN(c2ccnc(C#CCN(C)C)n2)C1. The molecule has 36 heavy (non-hydrogen) atoms. The highest BCUT2D eigenvalue weighted by Gasteiger charge is 2.16. The topological polar surface area (TPSA) is 114 Å². The van der Waals surface area contributed by atoms with Gasteiger partial charge in [-0.2, -0.15) is 0 Å². The van der Waals surface area contributed by atoms with E-state index in [-0.39, 0.29) is 11.6 Å². The van der Waals surface area contributed by atoms with E-state index in [2.05, 4.69) is 43.8 Å².